The van der Waals surface area contributed by atoms with Crippen LogP contribution in [0.5, 0.6) is 0 Å². The molecule has 0 amide bonds. The van der Waals surface area contributed by atoms with E-state index in [1.807, 2.05) is 0 Å². The van der Waals surface area contributed by atoms with Crippen LogP contribution in [0.3, 0.4) is 0 Å². The average Bonchev–Trinajstić information content (AvgIpc) is 3.02. The fourth-order valence-electron chi connectivity index (χ4n) is 3.03. The second-order valence-electron chi connectivity index (χ2n) is 6.03. The number of rotatable bonds is 9. The molecule has 0 aliphatic heterocycles. The predicted octanol–water partition coefficient (Wildman–Crippen LogP) is 3.45. The molecule has 2 rings (SSSR count). The number of hydrogen-bond donors (Lipinski definition) is 0. The lowest BCUT2D eigenvalue weighted by Crippen LogP contribution is -2.16. The van der Waals surface area contributed by atoms with E-state index in [2.05, 4.69) is 16.2 Å². The normalized spacial score (nSPS) is 12.6. The largest absolute Gasteiger partial charge is 0.345 e. The van der Waals surface area contributed by atoms with Gasteiger partial charge in [-0.15, -0.1) is 0 Å². The van der Waals surface area contributed by atoms with Crippen molar-refractivity contribution in [2.45, 2.75) is 32.1 Å². The fourth-order valence-corrected chi connectivity index (χ4v) is 7.71. The molecule has 0 saturated carbocycles. The molecule has 0 spiro atoms. The van der Waals surface area contributed by atoms with Gasteiger partial charge in [0.15, 0.2) is 11.0 Å². The molecule has 0 saturated heterocycles. The van der Waals surface area contributed by atoms with Crippen LogP contribution in [0.25, 0.3) is 5.65 Å². The summed E-state index contributed by atoms with van der Waals surface area (Å²) in [5, 5.41) is 12.6. The Labute approximate surface area is 163 Å². The highest BCUT2D eigenvalue weighted by atomic mass is 31.2. The van der Waals surface area contributed by atoms with Crippen molar-refractivity contribution in [1.82, 2.24) is 14.6 Å². The Hall–Kier alpha value is -1.59. The minimum Gasteiger partial charge on any atom is -0.311 e. The fraction of sp³-hybridized carbons (Fsp3) is 0.562. The Kier molecular flexibility index (Phi) is 7.16. The van der Waals surface area contributed by atoms with Crippen LogP contribution >= 0.6 is 15.2 Å². The second kappa shape index (κ2) is 8.83. The Balaban J connectivity index is 2.50. The molecular formula is C16H24N4O6P2. The minimum atomic E-state index is -3.78. The van der Waals surface area contributed by atoms with Crippen LogP contribution in [0.4, 0.5) is 0 Å². The molecule has 0 aromatic carbocycles. The van der Waals surface area contributed by atoms with E-state index in [1.165, 1.54) is 28.4 Å². The second-order valence-corrected chi connectivity index (χ2v) is 11.3. The summed E-state index contributed by atoms with van der Waals surface area (Å²) in [7, 11) is -2.67. The SMILES string of the molecule is COP(=O)(OC)C(CCc1cc(C)nc2c(C#N)c(C)nn12)P(=O)(OC)OC. The van der Waals surface area contributed by atoms with Crippen molar-refractivity contribution in [3.8, 4) is 6.07 Å². The Morgan fingerprint density at radius 3 is 2.11 bits per heavy atom. The van der Waals surface area contributed by atoms with Gasteiger partial charge in [0.1, 0.15) is 11.6 Å². The molecule has 0 fully saturated rings. The van der Waals surface area contributed by atoms with Crippen LogP contribution in [0.1, 0.15) is 29.1 Å². The van der Waals surface area contributed by atoms with E-state index in [1.54, 1.807) is 24.4 Å². The molecule has 0 radical (unpaired) electrons. The number of nitriles is 1. The summed E-state index contributed by atoms with van der Waals surface area (Å²) in [6, 6.07) is 3.91. The first-order valence-corrected chi connectivity index (χ1v) is 11.6. The summed E-state index contributed by atoms with van der Waals surface area (Å²) in [5.41, 5.74) is 2.78. The van der Waals surface area contributed by atoms with Gasteiger partial charge in [0.2, 0.25) is 0 Å². The molecule has 2 aromatic rings. The molecule has 0 atom stereocenters. The molecule has 0 unspecified atom stereocenters. The van der Waals surface area contributed by atoms with Crippen LogP contribution in [0.2, 0.25) is 0 Å². The van der Waals surface area contributed by atoms with Crippen molar-refractivity contribution < 1.29 is 27.2 Å². The van der Waals surface area contributed by atoms with E-state index in [9.17, 15) is 14.4 Å². The first kappa shape index (κ1) is 22.7. The third-order valence-electron chi connectivity index (χ3n) is 4.48. The van der Waals surface area contributed by atoms with Gasteiger partial charge in [-0.25, -0.2) is 9.50 Å². The highest BCUT2D eigenvalue weighted by molar-refractivity contribution is 7.72. The number of aromatic nitrogens is 3. The Morgan fingerprint density at radius 1 is 1.11 bits per heavy atom. The summed E-state index contributed by atoms with van der Waals surface area (Å²) in [6.45, 7) is 3.53. The van der Waals surface area contributed by atoms with Crippen molar-refractivity contribution >= 4 is 20.8 Å². The van der Waals surface area contributed by atoms with E-state index in [0.717, 1.165) is 0 Å². The molecule has 12 heteroatoms. The van der Waals surface area contributed by atoms with E-state index < -0.39 is 20.6 Å². The topological polar surface area (TPSA) is 125 Å². The lowest BCUT2D eigenvalue weighted by molar-refractivity contribution is 0.245. The number of hydrogen-bond acceptors (Lipinski definition) is 9. The molecule has 0 N–H and O–H groups in total. The van der Waals surface area contributed by atoms with Crippen molar-refractivity contribution in [2.75, 3.05) is 28.4 Å². The van der Waals surface area contributed by atoms with Gasteiger partial charge < -0.3 is 18.1 Å². The average molecular weight is 430 g/mol. The Morgan fingerprint density at radius 2 is 1.64 bits per heavy atom. The molecule has 10 nitrogen and oxygen atoms in total. The molecule has 0 aliphatic rings. The number of nitrogens with zero attached hydrogens (tertiary/aromatic N) is 4. The zero-order valence-electron chi connectivity index (χ0n) is 16.7. The van der Waals surface area contributed by atoms with Crippen LogP contribution in [-0.2, 0) is 33.6 Å². The molecule has 0 bridgehead atoms. The first-order valence-electron chi connectivity index (χ1n) is 8.38. The van der Waals surface area contributed by atoms with Gasteiger partial charge in [-0.1, -0.05) is 0 Å². The molecule has 2 heterocycles. The zero-order valence-corrected chi connectivity index (χ0v) is 18.5. The van der Waals surface area contributed by atoms with Crippen molar-refractivity contribution in [3.63, 3.8) is 0 Å². The van der Waals surface area contributed by atoms with E-state index >= 15 is 0 Å². The standard InChI is InChI=1S/C16H24N4O6P2/c1-11-9-13(20-16(18-11)14(10-17)12(2)19-20)7-8-15(27(21,23-3)24-4)28(22,25-5)26-6/h9,15H,7-8H2,1-6H3. The maximum Gasteiger partial charge on any atom is 0.345 e. The van der Waals surface area contributed by atoms with Gasteiger partial charge >= 0.3 is 15.2 Å². The molecule has 154 valence electrons. The molecular weight excluding hydrogens is 406 g/mol. The van der Waals surface area contributed by atoms with Gasteiger partial charge in [-0.3, -0.25) is 9.13 Å². The van der Waals surface area contributed by atoms with Gasteiger partial charge in [0.05, 0.1) is 5.69 Å². The summed E-state index contributed by atoms with van der Waals surface area (Å²) in [4.78, 5) is 4.39. The highest BCUT2D eigenvalue weighted by Gasteiger charge is 2.49. The minimum absolute atomic E-state index is 0.108. The van der Waals surface area contributed by atoms with Crippen LogP contribution in [0, 0.1) is 25.2 Å². The third kappa shape index (κ3) is 4.06. The molecule has 2 aromatic heterocycles. The molecule has 28 heavy (non-hydrogen) atoms. The number of aryl methyl sites for hydroxylation is 3. The van der Waals surface area contributed by atoms with E-state index in [-0.39, 0.29) is 6.42 Å². The van der Waals surface area contributed by atoms with E-state index in [0.29, 0.717) is 34.7 Å². The first-order chi connectivity index (χ1) is 13.2. The quantitative estimate of drug-likeness (QED) is 0.550. The van der Waals surface area contributed by atoms with Crippen LogP contribution < -0.4 is 0 Å². The maximum absolute atomic E-state index is 13.0. The molecule has 0 aliphatic carbocycles. The van der Waals surface area contributed by atoms with Crippen LogP contribution in [-0.4, -0.2) is 48.4 Å². The van der Waals surface area contributed by atoms with Gasteiger partial charge in [0.25, 0.3) is 0 Å². The summed E-state index contributed by atoms with van der Waals surface area (Å²) < 4.78 is 47.8. The van der Waals surface area contributed by atoms with Gasteiger partial charge in [-0.2, -0.15) is 10.4 Å². The lowest BCUT2D eigenvalue weighted by atomic mass is 10.2. The number of fused-ring (bicyclic) bond motifs is 1. The maximum atomic E-state index is 13.0. The van der Waals surface area contributed by atoms with Gasteiger partial charge in [-0.05, 0) is 32.8 Å². The predicted molar refractivity (Wildman–Crippen MR) is 103 cm³/mol. The summed E-state index contributed by atoms with van der Waals surface area (Å²) in [5.74, 6) is 0. The summed E-state index contributed by atoms with van der Waals surface area (Å²) in [6.07, 6.45) is 0.404. The summed E-state index contributed by atoms with van der Waals surface area (Å²) >= 11 is 0. The highest BCUT2D eigenvalue weighted by Crippen LogP contribution is 2.70. The van der Waals surface area contributed by atoms with Crippen LogP contribution in [0.15, 0.2) is 6.07 Å². The lowest BCUT2D eigenvalue weighted by Gasteiger charge is -2.28. The zero-order chi connectivity index (χ0) is 21.1. The monoisotopic (exact) mass is 430 g/mol. The van der Waals surface area contributed by atoms with Crippen molar-refractivity contribution in [2.24, 2.45) is 0 Å². The third-order valence-corrected chi connectivity index (χ3v) is 10.2. The Bertz CT molecular complexity index is 957. The van der Waals surface area contributed by atoms with Crippen molar-refractivity contribution in [1.29, 1.82) is 5.26 Å². The van der Waals surface area contributed by atoms with Crippen molar-refractivity contribution in [3.05, 3.63) is 28.7 Å². The smallest absolute Gasteiger partial charge is 0.311 e. The van der Waals surface area contributed by atoms with E-state index in [4.69, 9.17) is 18.1 Å². The van der Waals surface area contributed by atoms with Gasteiger partial charge in [0, 0.05) is 39.8 Å².